The van der Waals surface area contributed by atoms with Gasteiger partial charge >= 0.3 is 0 Å². The van der Waals surface area contributed by atoms with Crippen molar-refractivity contribution in [3.63, 3.8) is 0 Å². The minimum atomic E-state index is 0. The van der Waals surface area contributed by atoms with Crippen molar-refractivity contribution in [1.82, 2.24) is 20.4 Å². The lowest BCUT2D eigenvalue weighted by Gasteiger charge is -2.11. The molecule has 7 heteroatoms. The molecule has 0 fully saturated rings. The number of rotatable bonds is 6. The molecule has 2 aromatic rings. The zero-order valence-corrected chi connectivity index (χ0v) is 15.6. The first-order valence-corrected chi connectivity index (χ1v) is 7.40. The molecule has 0 saturated heterocycles. The van der Waals surface area contributed by atoms with Crippen LogP contribution in [0.25, 0.3) is 0 Å². The molecule has 0 aliphatic carbocycles. The molecular weight excluding hydrogens is 413 g/mol. The van der Waals surface area contributed by atoms with Crippen molar-refractivity contribution >= 4 is 41.5 Å². The topological polar surface area (TPSA) is 54.2 Å². The van der Waals surface area contributed by atoms with E-state index in [2.05, 4.69) is 20.7 Å². The predicted octanol–water partition coefficient (Wildman–Crippen LogP) is 2.91. The van der Waals surface area contributed by atoms with Gasteiger partial charge in [0.1, 0.15) is 0 Å². The van der Waals surface area contributed by atoms with E-state index < -0.39 is 0 Å². The molecule has 22 heavy (non-hydrogen) atoms. The monoisotopic (exact) mass is 433 g/mol. The van der Waals surface area contributed by atoms with Crippen LogP contribution in [0.5, 0.6) is 0 Å². The summed E-state index contributed by atoms with van der Waals surface area (Å²) in [5, 5.41) is 11.4. The van der Waals surface area contributed by atoms with Gasteiger partial charge in [-0.25, -0.2) is 4.99 Å². The molecule has 2 N–H and O–H groups in total. The van der Waals surface area contributed by atoms with Crippen LogP contribution in [0.2, 0.25) is 5.02 Å². The van der Waals surface area contributed by atoms with Crippen molar-refractivity contribution in [2.75, 3.05) is 13.1 Å². The van der Waals surface area contributed by atoms with Crippen LogP contribution in [0, 0.1) is 0 Å². The van der Waals surface area contributed by atoms with E-state index in [4.69, 9.17) is 11.6 Å². The first-order valence-electron chi connectivity index (χ1n) is 7.02. The maximum atomic E-state index is 6.13. The highest BCUT2D eigenvalue weighted by Gasteiger charge is 2.00. The van der Waals surface area contributed by atoms with E-state index >= 15 is 0 Å². The Bertz CT molecular complexity index is 571. The summed E-state index contributed by atoms with van der Waals surface area (Å²) in [5.41, 5.74) is 1.02. The molecular formula is C15H21ClIN5. The van der Waals surface area contributed by atoms with Gasteiger partial charge in [-0.2, -0.15) is 5.10 Å². The third kappa shape index (κ3) is 6.23. The van der Waals surface area contributed by atoms with E-state index in [-0.39, 0.29) is 24.0 Å². The summed E-state index contributed by atoms with van der Waals surface area (Å²) in [6.45, 7) is 4.96. The third-order valence-corrected chi connectivity index (χ3v) is 3.27. The van der Waals surface area contributed by atoms with Crippen molar-refractivity contribution in [1.29, 1.82) is 0 Å². The Kier molecular flexibility index (Phi) is 8.91. The fraction of sp³-hybridized carbons (Fsp3) is 0.333. The van der Waals surface area contributed by atoms with Gasteiger partial charge in [-0.3, -0.25) is 4.68 Å². The maximum Gasteiger partial charge on any atom is 0.191 e. The van der Waals surface area contributed by atoms with Crippen LogP contribution in [-0.4, -0.2) is 28.8 Å². The average molecular weight is 434 g/mol. The van der Waals surface area contributed by atoms with E-state index in [9.17, 15) is 0 Å². The van der Waals surface area contributed by atoms with Gasteiger partial charge in [0.15, 0.2) is 5.96 Å². The summed E-state index contributed by atoms with van der Waals surface area (Å²) < 4.78 is 1.88. The predicted molar refractivity (Wildman–Crippen MR) is 102 cm³/mol. The number of guanidine groups is 1. The highest BCUT2D eigenvalue weighted by Crippen LogP contribution is 2.15. The lowest BCUT2D eigenvalue weighted by Crippen LogP contribution is -2.38. The molecule has 120 valence electrons. The Hall–Kier alpha value is -1.28. The van der Waals surface area contributed by atoms with Gasteiger partial charge in [0.25, 0.3) is 0 Å². The van der Waals surface area contributed by atoms with Gasteiger partial charge in [-0.15, -0.1) is 24.0 Å². The van der Waals surface area contributed by atoms with Gasteiger partial charge in [0.2, 0.25) is 0 Å². The van der Waals surface area contributed by atoms with E-state index in [0.29, 0.717) is 6.54 Å². The van der Waals surface area contributed by atoms with Crippen LogP contribution >= 0.6 is 35.6 Å². The van der Waals surface area contributed by atoms with Crippen molar-refractivity contribution in [3.05, 3.63) is 53.3 Å². The van der Waals surface area contributed by atoms with Gasteiger partial charge in [-0.05, 0) is 24.6 Å². The summed E-state index contributed by atoms with van der Waals surface area (Å²) in [7, 11) is 0. The van der Waals surface area contributed by atoms with E-state index in [0.717, 1.165) is 36.2 Å². The second kappa shape index (κ2) is 10.4. The number of hydrogen-bond acceptors (Lipinski definition) is 2. The fourth-order valence-electron chi connectivity index (χ4n) is 1.85. The number of hydrogen-bond donors (Lipinski definition) is 2. The number of halogens is 2. The second-order valence-corrected chi connectivity index (χ2v) is 4.89. The average Bonchev–Trinajstić information content (AvgIpc) is 2.99. The highest BCUT2D eigenvalue weighted by molar-refractivity contribution is 14.0. The molecule has 0 amide bonds. The molecule has 0 aliphatic rings. The van der Waals surface area contributed by atoms with Crippen molar-refractivity contribution < 1.29 is 0 Å². The quantitative estimate of drug-likeness (QED) is 0.418. The van der Waals surface area contributed by atoms with Crippen molar-refractivity contribution in [3.8, 4) is 0 Å². The number of benzene rings is 1. The molecule has 0 unspecified atom stereocenters. The first-order chi connectivity index (χ1) is 10.3. The lowest BCUT2D eigenvalue weighted by molar-refractivity contribution is 0.598. The molecule has 1 aromatic heterocycles. The summed E-state index contributed by atoms with van der Waals surface area (Å²) in [6.07, 6.45) is 3.71. The van der Waals surface area contributed by atoms with Gasteiger partial charge in [0, 0.05) is 30.5 Å². The fourth-order valence-corrected chi connectivity index (χ4v) is 2.05. The smallest absolute Gasteiger partial charge is 0.191 e. The standard InChI is InChI=1S/C15H20ClN5.HI/c1-2-17-15(18-9-11-21-10-5-8-20-21)19-12-13-6-3-4-7-14(13)16;/h3-8,10H,2,9,11-12H2,1H3,(H2,17,18,19);1H. The summed E-state index contributed by atoms with van der Waals surface area (Å²) >= 11 is 6.13. The molecule has 0 bridgehead atoms. The maximum absolute atomic E-state index is 6.13. The SMILES string of the molecule is CCNC(=NCc1ccccc1Cl)NCCn1cccn1.I. The molecule has 0 spiro atoms. The molecule has 5 nitrogen and oxygen atoms in total. The number of aromatic nitrogens is 2. The Balaban J connectivity index is 0.00000242. The lowest BCUT2D eigenvalue weighted by atomic mass is 10.2. The third-order valence-electron chi connectivity index (χ3n) is 2.90. The molecule has 1 heterocycles. The normalized spacial score (nSPS) is 10.9. The zero-order chi connectivity index (χ0) is 14.9. The van der Waals surface area contributed by atoms with E-state index in [1.165, 1.54) is 0 Å². The summed E-state index contributed by atoms with van der Waals surface area (Å²) in [4.78, 5) is 4.54. The Morgan fingerprint density at radius 3 is 2.77 bits per heavy atom. The Morgan fingerprint density at radius 2 is 2.09 bits per heavy atom. The molecule has 0 atom stereocenters. The van der Waals surface area contributed by atoms with Gasteiger partial charge in [-0.1, -0.05) is 29.8 Å². The Labute approximate surface area is 153 Å². The summed E-state index contributed by atoms with van der Waals surface area (Å²) in [5.74, 6) is 0.782. The molecule has 0 aliphatic heterocycles. The Morgan fingerprint density at radius 1 is 1.27 bits per heavy atom. The number of aliphatic imine (C=N–C) groups is 1. The molecule has 0 radical (unpaired) electrons. The summed E-state index contributed by atoms with van der Waals surface area (Å²) in [6, 6.07) is 9.66. The van der Waals surface area contributed by atoms with Crippen molar-refractivity contribution in [2.45, 2.75) is 20.0 Å². The molecule has 0 saturated carbocycles. The van der Waals surface area contributed by atoms with Crippen LogP contribution in [0.4, 0.5) is 0 Å². The zero-order valence-electron chi connectivity index (χ0n) is 12.5. The van der Waals surface area contributed by atoms with Gasteiger partial charge in [0.05, 0.1) is 13.1 Å². The molecule has 1 aromatic carbocycles. The first kappa shape index (κ1) is 18.8. The van der Waals surface area contributed by atoms with E-state index in [1.54, 1.807) is 6.20 Å². The van der Waals surface area contributed by atoms with Gasteiger partial charge < -0.3 is 10.6 Å². The van der Waals surface area contributed by atoms with Crippen LogP contribution < -0.4 is 10.6 Å². The van der Waals surface area contributed by atoms with Crippen LogP contribution in [0.1, 0.15) is 12.5 Å². The number of nitrogens with one attached hydrogen (secondary N) is 2. The largest absolute Gasteiger partial charge is 0.357 e. The van der Waals surface area contributed by atoms with Crippen LogP contribution in [0.3, 0.4) is 0 Å². The molecule has 2 rings (SSSR count). The number of nitrogens with zero attached hydrogens (tertiary/aromatic N) is 3. The minimum absolute atomic E-state index is 0. The highest BCUT2D eigenvalue weighted by atomic mass is 127. The second-order valence-electron chi connectivity index (χ2n) is 4.48. The van der Waals surface area contributed by atoms with Crippen LogP contribution in [0.15, 0.2) is 47.7 Å². The van der Waals surface area contributed by atoms with E-state index in [1.807, 2.05) is 48.1 Å². The minimum Gasteiger partial charge on any atom is -0.357 e. The van der Waals surface area contributed by atoms with Crippen LogP contribution in [-0.2, 0) is 13.1 Å². The van der Waals surface area contributed by atoms with Crippen molar-refractivity contribution in [2.24, 2.45) is 4.99 Å².